The number of H-pyrrole nitrogens is 1. The van der Waals surface area contributed by atoms with Crippen LogP contribution in [0.15, 0.2) is 34.4 Å². The third kappa shape index (κ3) is 2.99. The van der Waals surface area contributed by atoms with E-state index in [1.54, 1.807) is 0 Å². The third-order valence-electron chi connectivity index (χ3n) is 4.90. The van der Waals surface area contributed by atoms with Crippen molar-refractivity contribution in [2.75, 3.05) is 18.0 Å². The van der Waals surface area contributed by atoms with Crippen molar-refractivity contribution in [3.05, 3.63) is 45.6 Å². The van der Waals surface area contributed by atoms with E-state index in [4.69, 9.17) is 10.7 Å². The lowest BCUT2D eigenvalue weighted by molar-refractivity contribution is -0.122. The lowest BCUT2D eigenvalue weighted by Gasteiger charge is -2.31. The van der Waals surface area contributed by atoms with Crippen LogP contribution in [0.4, 0.5) is 5.95 Å². The maximum absolute atomic E-state index is 12.6. The molecule has 1 atom stereocenters. The quantitative estimate of drug-likeness (QED) is 0.743. The molecular weight excluding hydrogens is 348 g/mol. The Morgan fingerprint density at radius 2 is 2.12 bits per heavy atom. The highest BCUT2D eigenvalue weighted by Gasteiger charge is 2.26. The minimum absolute atomic E-state index is 0.144. The fraction of sp³-hybridized carbons (Fsp3) is 0.316. The summed E-state index contributed by atoms with van der Waals surface area (Å²) in [6, 6.07) is 8.19. The largest absolute Gasteiger partial charge is 0.369 e. The number of nitrogens with zero attached hydrogens (tertiary/aromatic N) is 2. The summed E-state index contributed by atoms with van der Waals surface area (Å²) in [7, 11) is 0. The van der Waals surface area contributed by atoms with E-state index in [1.807, 2.05) is 29.3 Å². The van der Waals surface area contributed by atoms with Crippen molar-refractivity contribution in [2.24, 2.45) is 11.7 Å². The Balaban J connectivity index is 1.78. The monoisotopic (exact) mass is 368 g/mol. The van der Waals surface area contributed by atoms with E-state index >= 15 is 0 Å². The van der Waals surface area contributed by atoms with Gasteiger partial charge in [-0.15, -0.1) is 11.3 Å². The van der Waals surface area contributed by atoms with Gasteiger partial charge in [-0.25, -0.2) is 4.98 Å². The van der Waals surface area contributed by atoms with E-state index < -0.39 is 0 Å². The molecule has 0 bridgehead atoms. The molecule has 2 aromatic heterocycles. The van der Waals surface area contributed by atoms with Crippen LogP contribution in [0.2, 0.25) is 0 Å². The van der Waals surface area contributed by atoms with Gasteiger partial charge in [-0.2, -0.15) is 0 Å². The van der Waals surface area contributed by atoms with E-state index in [0.29, 0.717) is 22.7 Å². The summed E-state index contributed by atoms with van der Waals surface area (Å²) in [6.07, 6.45) is 1.63. The average molecular weight is 368 g/mol. The fourth-order valence-electron chi connectivity index (χ4n) is 3.41. The number of thiophene rings is 1. The highest BCUT2D eigenvalue weighted by Crippen LogP contribution is 2.32. The zero-order chi connectivity index (χ0) is 18.3. The Labute approximate surface area is 154 Å². The predicted molar refractivity (Wildman–Crippen MR) is 105 cm³/mol. The number of aryl methyl sites for hydroxylation is 1. The molecular formula is C19H20N4O2S. The highest BCUT2D eigenvalue weighted by atomic mass is 32.1. The number of aromatic amines is 1. The SMILES string of the molecule is Cc1ccc(-c2csc3c(=O)[nH]c(N4CCC[C@@H](C(N)=O)C4)nc23)cc1. The van der Waals surface area contributed by atoms with Gasteiger partial charge in [0.15, 0.2) is 0 Å². The second-order valence-electron chi connectivity index (χ2n) is 6.77. The number of anilines is 1. The van der Waals surface area contributed by atoms with Crippen LogP contribution in [0.3, 0.4) is 0 Å². The highest BCUT2D eigenvalue weighted by molar-refractivity contribution is 7.17. The molecule has 0 unspecified atom stereocenters. The Morgan fingerprint density at radius 3 is 2.85 bits per heavy atom. The summed E-state index contributed by atoms with van der Waals surface area (Å²) in [5.74, 6) is 0.0120. The number of nitrogens with one attached hydrogen (secondary N) is 1. The molecule has 0 aliphatic carbocycles. The number of hydrogen-bond acceptors (Lipinski definition) is 5. The first-order valence-corrected chi connectivity index (χ1v) is 9.53. The fourth-order valence-corrected chi connectivity index (χ4v) is 4.31. The summed E-state index contributed by atoms with van der Waals surface area (Å²) in [5, 5.41) is 1.98. The Kier molecular flexibility index (Phi) is 4.24. The number of carbonyl (C=O) groups is 1. The van der Waals surface area contributed by atoms with Crippen molar-refractivity contribution in [2.45, 2.75) is 19.8 Å². The van der Waals surface area contributed by atoms with E-state index in [2.05, 4.69) is 17.1 Å². The van der Waals surface area contributed by atoms with Gasteiger partial charge in [0.25, 0.3) is 5.56 Å². The molecule has 4 rings (SSSR count). The van der Waals surface area contributed by atoms with Gasteiger partial charge in [-0.3, -0.25) is 14.6 Å². The molecule has 7 heteroatoms. The first-order valence-electron chi connectivity index (χ1n) is 8.66. The number of carbonyl (C=O) groups excluding carboxylic acids is 1. The number of aromatic nitrogens is 2. The van der Waals surface area contributed by atoms with Gasteiger partial charge in [-0.1, -0.05) is 29.8 Å². The van der Waals surface area contributed by atoms with E-state index in [9.17, 15) is 9.59 Å². The predicted octanol–water partition coefficient (Wildman–Crippen LogP) is 2.66. The van der Waals surface area contributed by atoms with E-state index in [1.165, 1.54) is 16.9 Å². The van der Waals surface area contributed by atoms with Crippen LogP contribution in [0, 0.1) is 12.8 Å². The van der Waals surface area contributed by atoms with Gasteiger partial charge < -0.3 is 10.6 Å². The zero-order valence-electron chi connectivity index (χ0n) is 14.5. The maximum atomic E-state index is 12.6. The minimum Gasteiger partial charge on any atom is -0.369 e. The molecule has 3 heterocycles. The van der Waals surface area contributed by atoms with Crippen molar-refractivity contribution in [3.8, 4) is 11.1 Å². The van der Waals surface area contributed by atoms with E-state index in [-0.39, 0.29) is 17.4 Å². The van der Waals surface area contributed by atoms with Crippen LogP contribution < -0.4 is 16.2 Å². The summed E-state index contributed by atoms with van der Waals surface area (Å²) in [5.41, 5.74) is 9.22. The number of rotatable bonds is 3. The zero-order valence-corrected chi connectivity index (χ0v) is 15.3. The number of benzene rings is 1. The average Bonchev–Trinajstić information content (AvgIpc) is 3.07. The number of fused-ring (bicyclic) bond motifs is 1. The Morgan fingerprint density at radius 1 is 1.35 bits per heavy atom. The molecule has 1 amide bonds. The Bertz CT molecular complexity index is 1020. The standard InChI is InChI=1S/C19H20N4O2S/c1-11-4-6-12(7-5-11)14-10-26-16-15(14)21-19(22-18(16)25)23-8-2-3-13(9-23)17(20)24/h4-7,10,13H,2-3,8-9H2,1H3,(H2,20,24)(H,21,22,25)/t13-/m1/s1. The second-order valence-corrected chi connectivity index (χ2v) is 7.65. The Hall–Kier alpha value is -2.67. The normalized spacial score (nSPS) is 17.6. The van der Waals surface area contributed by atoms with Gasteiger partial charge >= 0.3 is 0 Å². The van der Waals surface area contributed by atoms with Crippen LogP contribution in [0.5, 0.6) is 0 Å². The molecule has 3 aromatic rings. The number of hydrogen-bond donors (Lipinski definition) is 2. The van der Waals surface area contributed by atoms with Crippen LogP contribution in [0.1, 0.15) is 18.4 Å². The van der Waals surface area contributed by atoms with Crippen LogP contribution in [0.25, 0.3) is 21.3 Å². The molecule has 1 aliphatic heterocycles. The molecule has 0 saturated carbocycles. The van der Waals surface area contributed by atoms with Gasteiger partial charge in [0.1, 0.15) is 4.70 Å². The first-order chi connectivity index (χ1) is 12.5. The van der Waals surface area contributed by atoms with Gasteiger partial charge in [0.2, 0.25) is 11.9 Å². The summed E-state index contributed by atoms with van der Waals surface area (Å²) < 4.78 is 0.618. The number of nitrogens with two attached hydrogens (primary N) is 1. The molecule has 0 spiro atoms. The molecule has 26 heavy (non-hydrogen) atoms. The van der Waals surface area contributed by atoms with Crippen LogP contribution >= 0.6 is 11.3 Å². The third-order valence-corrected chi connectivity index (χ3v) is 5.87. The smallest absolute Gasteiger partial charge is 0.270 e. The molecule has 1 saturated heterocycles. The summed E-state index contributed by atoms with van der Waals surface area (Å²) in [6.45, 7) is 3.29. The van der Waals surface area contributed by atoms with Crippen molar-refractivity contribution in [3.63, 3.8) is 0 Å². The van der Waals surface area contributed by atoms with Crippen molar-refractivity contribution in [1.29, 1.82) is 0 Å². The minimum atomic E-state index is -0.297. The maximum Gasteiger partial charge on any atom is 0.270 e. The van der Waals surface area contributed by atoms with Crippen molar-refractivity contribution < 1.29 is 4.79 Å². The lowest BCUT2D eigenvalue weighted by atomic mass is 9.98. The number of piperidine rings is 1. The topological polar surface area (TPSA) is 92.1 Å². The first kappa shape index (κ1) is 16.8. The van der Waals surface area contributed by atoms with Gasteiger partial charge in [0.05, 0.1) is 11.4 Å². The molecule has 1 aromatic carbocycles. The summed E-state index contributed by atoms with van der Waals surface area (Å²) in [4.78, 5) is 33.7. The molecule has 1 fully saturated rings. The number of amides is 1. The van der Waals surface area contributed by atoms with E-state index in [0.717, 1.165) is 30.5 Å². The van der Waals surface area contributed by atoms with Crippen LogP contribution in [-0.4, -0.2) is 29.0 Å². The second kappa shape index (κ2) is 6.57. The van der Waals surface area contributed by atoms with Gasteiger partial charge in [-0.05, 0) is 25.3 Å². The molecule has 6 nitrogen and oxygen atoms in total. The van der Waals surface area contributed by atoms with Crippen LogP contribution in [-0.2, 0) is 4.79 Å². The lowest BCUT2D eigenvalue weighted by Crippen LogP contribution is -2.42. The van der Waals surface area contributed by atoms with Crippen molar-refractivity contribution >= 4 is 33.4 Å². The molecule has 134 valence electrons. The number of primary amides is 1. The summed E-state index contributed by atoms with van der Waals surface area (Å²) >= 11 is 1.40. The molecule has 3 N–H and O–H groups in total. The van der Waals surface area contributed by atoms with Crippen molar-refractivity contribution in [1.82, 2.24) is 9.97 Å². The van der Waals surface area contributed by atoms with Gasteiger partial charge in [0, 0.05) is 24.0 Å². The molecule has 0 radical (unpaired) electrons. The molecule has 1 aliphatic rings.